The van der Waals surface area contributed by atoms with Gasteiger partial charge in [0.15, 0.2) is 0 Å². The van der Waals surface area contributed by atoms with Crippen molar-refractivity contribution in [3.8, 4) is 0 Å². The molecule has 1 N–H and O–H groups in total. The van der Waals surface area contributed by atoms with Crippen LogP contribution >= 0.6 is 11.6 Å². The Morgan fingerprint density at radius 1 is 1.38 bits per heavy atom. The molecule has 0 aromatic carbocycles. The molecule has 0 saturated heterocycles. The largest absolute Gasteiger partial charge is 0.308 e. The number of hydrogen-bond acceptors (Lipinski definition) is 4. The number of aryl methyl sites for hydroxylation is 2. The number of halogens is 1. The molecule has 1 aromatic rings. The highest BCUT2D eigenvalue weighted by Gasteiger charge is 1.91. The minimum absolute atomic E-state index is 0.568. The molecule has 1 aromatic heterocycles. The molecule has 0 fully saturated rings. The molecule has 0 amide bonds. The van der Waals surface area contributed by atoms with Gasteiger partial charge in [-0.2, -0.15) is 13.2 Å². The molecular formula is C7H9ClN2O2S. The fourth-order valence-corrected chi connectivity index (χ4v) is 0.803. The van der Waals surface area contributed by atoms with Crippen LogP contribution in [0, 0.1) is 18.6 Å². The van der Waals surface area contributed by atoms with Crippen LogP contribution in [0.25, 0.3) is 0 Å². The van der Waals surface area contributed by atoms with Gasteiger partial charge in [0.25, 0.3) is 0 Å². The second kappa shape index (κ2) is 5.66. The van der Waals surface area contributed by atoms with Crippen LogP contribution in [0.3, 0.4) is 0 Å². The number of pyridine rings is 1. The van der Waals surface area contributed by atoms with Crippen molar-refractivity contribution in [3.63, 3.8) is 0 Å². The first kappa shape index (κ1) is 12.1. The molecule has 1 rings (SSSR count). The minimum atomic E-state index is -2.61. The molecule has 72 valence electrons. The number of rotatable bonds is 0. The third-order valence-corrected chi connectivity index (χ3v) is 1.55. The lowest BCUT2D eigenvalue weighted by Crippen LogP contribution is -1.81. The summed E-state index contributed by atoms with van der Waals surface area (Å²) in [6.45, 7) is 4.03. The summed E-state index contributed by atoms with van der Waals surface area (Å²) in [6, 6.07) is 1.86. The van der Waals surface area contributed by atoms with Crippen molar-refractivity contribution in [2.24, 2.45) is 0 Å². The van der Waals surface area contributed by atoms with E-state index in [1.165, 1.54) is 11.1 Å². The van der Waals surface area contributed by atoms with Crippen molar-refractivity contribution in [2.75, 3.05) is 0 Å². The molecule has 0 saturated carbocycles. The van der Waals surface area contributed by atoms with E-state index < -0.39 is 10.5 Å². The monoisotopic (exact) mass is 220 g/mol. The van der Waals surface area contributed by atoms with Crippen molar-refractivity contribution in [1.82, 2.24) is 4.98 Å². The van der Waals surface area contributed by atoms with Crippen molar-refractivity contribution in [3.05, 3.63) is 28.5 Å². The Morgan fingerprint density at radius 2 is 1.85 bits per heavy atom. The summed E-state index contributed by atoms with van der Waals surface area (Å²) in [4.78, 5) is 3.90. The van der Waals surface area contributed by atoms with Crippen LogP contribution in [0.15, 0.2) is 12.3 Å². The zero-order valence-electron chi connectivity index (χ0n) is 7.20. The van der Waals surface area contributed by atoms with Crippen molar-refractivity contribution < 1.29 is 8.42 Å². The van der Waals surface area contributed by atoms with E-state index in [2.05, 4.69) is 4.98 Å². The Hall–Kier alpha value is -0.940. The van der Waals surface area contributed by atoms with Crippen LogP contribution in [0.1, 0.15) is 11.1 Å². The van der Waals surface area contributed by atoms with Gasteiger partial charge < -0.3 is 0 Å². The quantitative estimate of drug-likeness (QED) is 0.680. The normalized spacial score (nSPS) is 8.54. The molecule has 6 heteroatoms. The molecule has 0 bridgehead atoms. The van der Waals surface area contributed by atoms with Gasteiger partial charge in [0.2, 0.25) is 0 Å². The van der Waals surface area contributed by atoms with Gasteiger partial charge in [-0.3, -0.25) is 0 Å². The first-order chi connectivity index (χ1) is 5.93. The molecule has 0 spiro atoms. The zero-order valence-corrected chi connectivity index (χ0v) is 8.78. The van der Waals surface area contributed by atoms with Crippen molar-refractivity contribution in [2.45, 2.75) is 13.8 Å². The van der Waals surface area contributed by atoms with E-state index in [4.69, 9.17) is 24.8 Å². The fourth-order valence-electron chi connectivity index (χ4n) is 0.590. The van der Waals surface area contributed by atoms with Gasteiger partial charge in [0, 0.05) is 6.20 Å². The molecular weight excluding hydrogens is 212 g/mol. The lowest BCUT2D eigenvalue weighted by atomic mass is 10.2. The second-order valence-corrected chi connectivity index (χ2v) is 3.18. The second-order valence-electron chi connectivity index (χ2n) is 2.33. The van der Waals surface area contributed by atoms with E-state index in [0.29, 0.717) is 5.15 Å². The third-order valence-electron chi connectivity index (χ3n) is 1.34. The predicted molar refractivity (Wildman–Crippen MR) is 50.4 cm³/mol. The van der Waals surface area contributed by atoms with Gasteiger partial charge in [-0.1, -0.05) is 11.6 Å². The topological polar surface area (TPSA) is 70.9 Å². The Morgan fingerprint density at radius 3 is 2.15 bits per heavy atom. The fraction of sp³-hybridized carbons (Fsp3) is 0.286. The summed E-state index contributed by atoms with van der Waals surface area (Å²) in [7, 11) is -2.61. The highest BCUT2D eigenvalue weighted by molar-refractivity contribution is 7.60. The minimum Gasteiger partial charge on any atom is -0.244 e. The zero-order chi connectivity index (χ0) is 10.4. The first-order valence-corrected chi connectivity index (χ1v) is 4.78. The summed E-state index contributed by atoms with van der Waals surface area (Å²) in [5, 5.41) is 0.568. The molecule has 0 atom stereocenters. The van der Waals surface area contributed by atoms with Gasteiger partial charge in [-0.15, -0.1) is 0 Å². The first-order valence-electron chi connectivity index (χ1n) is 3.32. The lowest BCUT2D eigenvalue weighted by Gasteiger charge is -1.96. The molecule has 0 aliphatic carbocycles. The summed E-state index contributed by atoms with van der Waals surface area (Å²) in [5.41, 5.74) is 2.37. The lowest BCUT2D eigenvalue weighted by molar-refractivity contribution is 0.620. The molecule has 0 radical (unpaired) electrons. The summed E-state index contributed by atoms with van der Waals surface area (Å²) in [5.74, 6) is 0. The standard InChI is InChI=1S/C7H8ClN.HNO2S/c1-5-3-7(8)9-4-6(5)2;1-4(2)3/h3-4H,1-2H3;1H. The molecule has 1 heterocycles. The van der Waals surface area contributed by atoms with Gasteiger partial charge >= 0.3 is 10.5 Å². The molecule has 4 nitrogen and oxygen atoms in total. The van der Waals surface area contributed by atoms with E-state index >= 15 is 0 Å². The Kier molecular flexibility index (Phi) is 5.25. The maximum absolute atomic E-state index is 8.67. The van der Waals surface area contributed by atoms with Crippen LogP contribution in [0.5, 0.6) is 0 Å². The van der Waals surface area contributed by atoms with Gasteiger partial charge in [-0.25, -0.2) is 4.98 Å². The average Bonchev–Trinajstić information content (AvgIpc) is 1.96. The summed E-state index contributed by atoms with van der Waals surface area (Å²) >= 11 is 5.61. The van der Waals surface area contributed by atoms with Gasteiger partial charge in [0.1, 0.15) is 5.15 Å². The maximum atomic E-state index is 8.67. The number of aromatic nitrogens is 1. The Bertz CT molecular complexity index is 381. The number of nitrogens with zero attached hydrogens (tertiary/aromatic N) is 1. The smallest absolute Gasteiger partial charge is 0.244 e. The van der Waals surface area contributed by atoms with Crippen LogP contribution in [0.2, 0.25) is 5.15 Å². The summed E-state index contributed by atoms with van der Waals surface area (Å²) < 4.78 is 22.8. The highest BCUT2D eigenvalue weighted by atomic mass is 35.5. The van der Waals surface area contributed by atoms with Crippen molar-refractivity contribution >= 4 is 22.1 Å². The van der Waals surface area contributed by atoms with Gasteiger partial charge in [-0.05, 0) is 31.0 Å². The predicted octanol–water partition coefficient (Wildman–Crippen LogP) is 1.98. The van der Waals surface area contributed by atoms with Crippen LogP contribution < -0.4 is 0 Å². The van der Waals surface area contributed by atoms with Gasteiger partial charge in [0.05, 0.1) is 0 Å². The van der Waals surface area contributed by atoms with E-state index in [-0.39, 0.29) is 0 Å². The van der Waals surface area contributed by atoms with Crippen molar-refractivity contribution in [1.29, 1.82) is 4.78 Å². The SMILES string of the molecule is Cc1cnc(Cl)cc1C.N=S(=O)=O. The van der Waals surface area contributed by atoms with Crippen LogP contribution in [-0.2, 0) is 10.5 Å². The number of nitrogens with one attached hydrogen (secondary N) is 1. The van der Waals surface area contributed by atoms with E-state index in [1.54, 1.807) is 6.20 Å². The highest BCUT2D eigenvalue weighted by Crippen LogP contribution is 2.09. The van der Waals surface area contributed by atoms with E-state index in [9.17, 15) is 0 Å². The molecule has 0 aliphatic heterocycles. The van der Waals surface area contributed by atoms with E-state index in [1.807, 2.05) is 19.9 Å². The third kappa shape index (κ3) is 6.24. The maximum Gasteiger partial charge on any atom is 0.308 e. The molecule has 13 heavy (non-hydrogen) atoms. The average molecular weight is 221 g/mol. The van der Waals surface area contributed by atoms with Crippen LogP contribution in [-0.4, -0.2) is 13.4 Å². The Balaban J connectivity index is 0.000000310. The Labute approximate surface area is 83.1 Å². The molecule has 0 aliphatic rings. The van der Waals surface area contributed by atoms with Crippen LogP contribution in [0.4, 0.5) is 0 Å². The number of hydrogen-bond donors (Lipinski definition) is 1. The molecule has 0 unspecified atom stereocenters. The summed E-state index contributed by atoms with van der Waals surface area (Å²) in [6.07, 6.45) is 1.78. The van der Waals surface area contributed by atoms with E-state index in [0.717, 1.165) is 0 Å².